The van der Waals surface area contributed by atoms with Crippen molar-refractivity contribution in [1.82, 2.24) is 0 Å². The molecule has 0 unspecified atom stereocenters. The molecule has 0 aliphatic carbocycles. The van der Waals surface area contributed by atoms with Crippen molar-refractivity contribution in [2.75, 3.05) is 23.5 Å². The van der Waals surface area contributed by atoms with E-state index in [1.165, 1.54) is 11.8 Å². The van der Waals surface area contributed by atoms with E-state index in [4.69, 9.17) is 4.74 Å². The molecule has 0 bridgehead atoms. The molecular weight excluding hydrogens is 308 g/mol. The molecule has 0 atom stereocenters. The van der Waals surface area contributed by atoms with Crippen LogP contribution in [0.1, 0.15) is 12.5 Å². The largest absolute Gasteiger partial charge is 0.465 e. The Morgan fingerprint density at radius 3 is 2.35 bits per heavy atom. The summed E-state index contributed by atoms with van der Waals surface area (Å²) in [5.41, 5.74) is 5.92. The maximum atomic E-state index is 11.4. The Hall–Kier alpha value is -2.27. The van der Waals surface area contributed by atoms with Crippen LogP contribution in [0.2, 0.25) is 0 Å². The van der Waals surface area contributed by atoms with Gasteiger partial charge in [-0.2, -0.15) is 5.10 Å². The van der Waals surface area contributed by atoms with Crippen molar-refractivity contribution in [3.05, 3.63) is 66.2 Å². The molecule has 0 saturated heterocycles. The Labute approximate surface area is 140 Å². The van der Waals surface area contributed by atoms with E-state index in [0.717, 1.165) is 17.0 Å². The lowest BCUT2D eigenvalue weighted by Crippen LogP contribution is -2.12. The summed E-state index contributed by atoms with van der Waals surface area (Å²) >= 11 is 1.49. The molecule has 0 saturated carbocycles. The van der Waals surface area contributed by atoms with E-state index in [0.29, 0.717) is 18.1 Å². The number of esters is 1. The van der Waals surface area contributed by atoms with Crippen molar-refractivity contribution in [2.24, 2.45) is 5.10 Å². The number of hydrogen-bond acceptors (Lipinski definition) is 5. The second-order valence-electron chi connectivity index (χ2n) is 4.70. The molecule has 2 aromatic rings. The number of carbonyl (C=O) groups is 1. The predicted octanol–water partition coefficient (Wildman–Crippen LogP) is 3.80. The molecule has 0 amide bonds. The highest BCUT2D eigenvalue weighted by molar-refractivity contribution is 8.00. The molecule has 0 aromatic heterocycles. The van der Waals surface area contributed by atoms with Gasteiger partial charge in [-0.05, 0) is 24.6 Å². The molecule has 0 heterocycles. The van der Waals surface area contributed by atoms with E-state index >= 15 is 0 Å². The van der Waals surface area contributed by atoms with Crippen LogP contribution in [0.5, 0.6) is 0 Å². The minimum absolute atomic E-state index is 0.194. The van der Waals surface area contributed by atoms with Crippen LogP contribution in [0.15, 0.2) is 65.8 Å². The van der Waals surface area contributed by atoms with Gasteiger partial charge < -0.3 is 4.74 Å². The lowest BCUT2D eigenvalue weighted by atomic mass is 10.1. The second-order valence-corrected chi connectivity index (χ2v) is 5.69. The summed E-state index contributed by atoms with van der Waals surface area (Å²) in [6, 6.07) is 19.7. The molecule has 23 heavy (non-hydrogen) atoms. The fourth-order valence-electron chi connectivity index (χ4n) is 1.89. The van der Waals surface area contributed by atoms with Gasteiger partial charge >= 0.3 is 5.97 Å². The number of hydrazone groups is 1. The Morgan fingerprint density at radius 2 is 1.70 bits per heavy atom. The second kappa shape index (κ2) is 9.69. The number of nitrogens with one attached hydrogen (secondary N) is 1. The molecule has 0 spiro atoms. The summed E-state index contributed by atoms with van der Waals surface area (Å²) in [5, 5.41) is 4.50. The van der Waals surface area contributed by atoms with Gasteiger partial charge in [0.05, 0.1) is 23.8 Å². The minimum Gasteiger partial charge on any atom is -0.465 e. The van der Waals surface area contributed by atoms with Crippen LogP contribution in [-0.2, 0) is 9.53 Å². The van der Waals surface area contributed by atoms with Crippen molar-refractivity contribution in [1.29, 1.82) is 0 Å². The Morgan fingerprint density at radius 1 is 1.04 bits per heavy atom. The van der Waals surface area contributed by atoms with Crippen molar-refractivity contribution >= 4 is 29.1 Å². The number of para-hydroxylation sites is 1. The van der Waals surface area contributed by atoms with Crippen LogP contribution in [0.4, 0.5) is 5.69 Å². The van der Waals surface area contributed by atoms with Gasteiger partial charge in [0.2, 0.25) is 0 Å². The van der Waals surface area contributed by atoms with E-state index < -0.39 is 0 Å². The van der Waals surface area contributed by atoms with Gasteiger partial charge in [0.15, 0.2) is 0 Å². The first kappa shape index (κ1) is 17.1. The average molecular weight is 328 g/mol. The summed E-state index contributed by atoms with van der Waals surface area (Å²) in [5.74, 6) is 0.758. The zero-order valence-electron chi connectivity index (χ0n) is 13.1. The Bertz CT molecular complexity index is 630. The minimum atomic E-state index is -0.194. The standard InChI is InChI=1S/C18H20N2O2S/c1-2-22-18(21)14-23-13-17(15-9-5-3-6-10-15)20-19-16-11-7-4-8-12-16/h3-12,19H,2,13-14H2,1H3. The van der Waals surface area contributed by atoms with Gasteiger partial charge in [-0.1, -0.05) is 48.5 Å². The summed E-state index contributed by atoms with van der Waals surface area (Å²) in [6.07, 6.45) is 0. The molecule has 5 heteroatoms. The first-order chi connectivity index (χ1) is 11.3. The van der Waals surface area contributed by atoms with Gasteiger partial charge in [-0.15, -0.1) is 11.8 Å². The fourth-order valence-corrected chi connectivity index (χ4v) is 2.67. The summed E-state index contributed by atoms with van der Waals surface area (Å²) in [6.45, 7) is 2.22. The van der Waals surface area contributed by atoms with E-state index in [1.54, 1.807) is 0 Å². The first-order valence-electron chi connectivity index (χ1n) is 7.46. The number of benzene rings is 2. The molecule has 0 fully saturated rings. The van der Waals surface area contributed by atoms with Crippen molar-refractivity contribution in [3.8, 4) is 0 Å². The smallest absolute Gasteiger partial charge is 0.315 e. The number of rotatable bonds is 8. The third-order valence-electron chi connectivity index (χ3n) is 2.96. The zero-order chi connectivity index (χ0) is 16.3. The first-order valence-corrected chi connectivity index (χ1v) is 8.61. The number of nitrogens with zero attached hydrogens (tertiary/aromatic N) is 1. The van der Waals surface area contributed by atoms with Gasteiger partial charge in [0.1, 0.15) is 0 Å². The van der Waals surface area contributed by atoms with Crippen molar-refractivity contribution < 1.29 is 9.53 Å². The van der Waals surface area contributed by atoms with E-state index in [2.05, 4.69) is 10.5 Å². The lowest BCUT2D eigenvalue weighted by Gasteiger charge is -2.08. The normalized spacial score (nSPS) is 11.1. The highest BCUT2D eigenvalue weighted by Crippen LogP contribution is 2.11. The maximum absolute atomic E-state index is 11.4. The third kappa shape index (κ3) is 6.16. The van der Waals surface area contributed by atoms with Crippen molar-refractivity contribution in [3.63, 3.8) is 0 Å². The van der Waals surface area contributed by atoms with Gasteiger partial charge in [0.25, 0.3) is 0 Å². The maximum Gasteiger partial charge on any atom is 0.315 e. The van der Waals surface area contributed by atoms with Crippen LogP contribution < -0.4 is 5.43 Å². The Balaban J connectivity index is 2.02. The van der Waals surface area contributed by atoms with Crippen LogP contribution in [0.25, 0.3) is 0 Å². The van der Waals surface area contributed by atoms with Gasteiger partial charge in [0, 0.05) is 5.75 Å². The number of thioether (sulfide) groups is 1. The highest BCUT2D eigenvalue weighted by Gasteiger charge is 2.07. The number of ether oxygens (including phenoxy) is 1. The van der Waals surface area contributed by atoms with Gasteiger partial charge in [-0.3, -0.25) is 10.2 Å². The summed E-state index contributed by atoms with van der Waals surface area (Å²) in [4.78, 5) is 11.4. The predicted molar refractivity (Wildman–Crippen MR) is 97.0 cm³/mol. The molecule has 0 aliphatic rings. The topological polar surface area (TPSA) is 50.7 Å². The summed E-state index contributed by atoms with van der Waals surface area (Å²) in [7, 11) is 0. The number of anilines is 1. The van der Waals surface area contributed by atoms with E-state index in [-0.39, 0.29) is 5.97 Å². The monoisotopic (exact) mass is 328 g/mol. The zero-order valence-corrected chi connectivity index (χ0v) is 13.9. The molecule has 0 radical (unpaired) electrons. The van der Waals surface area contributed by atoms with Crippen LogP contribution >= 0.6 is 11.8 Å². The number of carbonyl (C=O) groups excluding carboxylic acids is 1. The fraction of sp³-hybridized carbons (Fsp3) is 0.222. The van der Waals surface area contributed by atoms with E-state index in [1.807, 2.05) is 67.6 Å². The van der Waals surface area contributed by atoms with E-state index in [9.17, 15) is 4.79 Å². The van der Waals surface area contributed by atoms with Crippen molar-refractivity contribution in [2.45, 2.75) is 6.92 Å². The molecule has 4 nitrogen and oxygen atoms in total. The Kier molecular flexibility index (Phi) is 7.20. The molecule has 2 aromatic carbocycles. The molecule has 2 rings (SSSR count). The summed E-state index contributed by atoms with van der Waals surface area (Å²) < 4.78 is 4.94. The highest BCUT2D eigenvalue weighted by atomic mass is 32.2. The van der Waals surface area contributed by atoms with Crippen LogP contribution in [0, 0.1) is 0 Å². The van der Waals surface area contributed by atoms with Crippen LogP contribution in [0.3, 0.4) is 0 Å². The molecule has 120 valence electrons. The quantitative estimate of drug-likeness (QED) is 0.455. The molecular formula is C18H20N2O2S. The third-order valence-corrected chi connectivity index (χ3v) is 3.88. The van der Waals surface area contributed by atoms with Crippen LogP contribution in [-0.4, -0.2) is 29.8 Å². The number of hydrogen-bond donors (Lipinski definition) is 1. The lowest BCUT2D eigenvalue weighted by molar-refractivity contribution is -0.139. The SMILES string of the molecule is CCOC(=O)CSCC(=NNc1ccccc1)c1ccccc1. The molecule has 0 aliphatic heterocycles. The molecule has 1 N–H and O–H groups in total. The average Bonchev–Trinajstić information content (AvgIpc) is 2.60. The van der Waals surface area contributed by atoms with Gasteiger partial charge in [-0.25, -0.2) is 0 Å².